The van der Waals surface area contributed by atoms with Crippen molar-refractivity contribution in [1.82, 2.24) is 4.90 Å². The maximum Gasteiger partial charge on any atom is 0.234 e. The Kier molecular flexibility index (Phi) is 5.67. The molecule has 188 valence electrons. The summed E-state index contributed by atoms with van der Waals surface area (Å²) in [7, 11) is 1.44. The molecule has 1 saturated heterocycles. The lowest BCUT2D eigenvalue weighted by molar-refractivity contribution is -0.145. The van der Waals surface area contributed by atoms with Crippen molar-refractivity contribution in [1.29, 1.82) is 0 Å². The molecule has 1 aromatic rings. The number of aromatic hydroxyl groups is 1. The number of phenols is 1. The number of fused-ring (bicyclic) bond motifs is 3. The van der Waals surface area contributed by atoms with Crippen molar-refractivity contribution in [3.8, 4) is 11.5 Å². The van der Waals surface area contributed by atoms with E-state index in [1.165, 1.54) is 18.1 Å². The summed E-state index contributed by atoms with van der Waals surface area (Å²) < 4.78 is 6.00. The van der Waals surface area contributed by atoms with Gasteiger partial charge in [-0.2, -0.15) is 0 Å². The van der Waals surface area contributed by atoms with Gasteiger partial charge in [0.1, 0.15) is 0 Å². The number of carbonyl (C=O) groups is 4. The van der Waals surface area contributed by atoms with Gasteiger partial charge in [-0.3, -0.25) is 24.1 Å². The van der Waals surface area contributed by atoms with Gasteiger partial charge in [-0.15, -0.1) is 0 Å². The molecule has 0 bridgehead atoms. The number of phenolic OH excluding ortho intramolecular Hbond substituents is 1. The predicted octanol–water partition coefficient (Wildman–Crippen LogP) is 4.39. The Labute approximate surface area is 218 Å². The van der Waals surface area contributed by atoms with Gasteiger partial charge in [0.15, 0.2) is 23.1 Å². The third-order valence-corrected chi connectivity index (χ3v) is 8.29. The number of hydrogen-bond donors (Lipinski definition) is 1. The maximum absolute atomic E-state index is 13.7. The average Bonchev–Trinajstić information content (AvgIpc) is 3.07. The number of halogens is 1. The number of ketones is 2. The highest BCUT2D eigenvalue weighted by molar-refractivity contribution is 9.10. The Balaban J connectivity index is 1.73. The molecular formula is C28H28BrNO6. The highest BCUT2D eigenvalue weighted by Gasteiger charge is 2.58. The van der Waals surface area contributed by atoms with Gasteiger partial charge in [0.2, 0.25) is 11.8 Å². The van der Waals surface area contributed by atoms with Crippen molar-refractivity contribution in [2.24, 2.45) is 17.8 Å². The highest BCUT2D eigenvalue weighted by atomic mass is 79.9. The molecule has 4 aliphatic rings. The minimum Gasteiger partial charge on any atom is -0.504 e. The second-order valence-electron chi connectivity index (χ2n) is 11.0. The molecule has 3 aliphatic carbocycles. The summed E-state index contributed by atoms with van der Waals surface area (Å²) in [5.41, 5.74) is 1.56. The molecule has 1 aliphatic heterocycles. The summed E-state index contributed by atoms with van der Waals surface area (Å²) in [4.78, 5) is 55.1. The third kappa shape index (κ3) is 3.44. The smallest absolute Gasteiger partial charge is 0.234 e. The van der Waals surface area contributed by atoms with Crippen LogP contribution in [0.25, 0.3) is 0 Å². The maximum atomic E-state index is 13.7. The molecule has 1 N–H and O–H groups in total. The Bertz CT molecular complexity index is 1340. The van der Waals surface area contributed by atoms with E-state index in [1.54, 1.807) is 19.1 Å². The lowest BCUT2D eigenvalue weighted by Gasteiger charge is -2.42. The lowest BCUT2D eigenvalue weighted by atomic mass is 9.59. The van der Waals surface area contributed by atoms with Crippen LogP contribution in [-0.2, 0) is 19.2 Å². The number of Topliss-reactive ketones (excluding diaryl/α,β-unsaturated/α-hetero) is 1. The highest BCUT2D eigenvalue weighted by Crippen LogP contribution is 2.57. The summed E-state index contributed by atoms with van der Waals surface area (Å²) in [5.74, 6) is -3.17. The summed E-state index contributed by atoms with van der Waals surface area (Å²) in [6.07, 6.45) is 3.85. The Morgan fingerprint density at radius 2 is 1.78 bits per heavy atom. The number of rotatable bonds is 2. The molecule has 0 saturated carbocycles. The molecule has 5 rings (SSSR count). The Morgan fingerprint density at radius 1 is 1.08 bits per heavy atom. The largest absolute Gasteiger partial charge is 0.504 e. The van der Waals surface area contributed by atoms with E-state index in [1.807, 2.05) is 26.8 Å². The average molecular weight is 554 g/mol. The summed E-state index contributed by atoms with van der Waals surface area (Å²) >= 11 is 3.47. The van der Waals surface area contributed by atoms with Gasteiger partial charge in [0.25, 0.3) is 0 Å². The first kappa shape index (κ1) is 24.7. The van der Waals surface area contributed by atoms with Crippen molar-refractivity contribution >= 4 is 39.3 Å². The molecule has 0 spiro atoms. The van der Waals surface area contributed by atoms with Gasteiger partial charge in [0, 0.05) is 38.2 Å². The molecule has 1 heterocycles. The van der Waals surface area contributed by atoms with Crippen LogP contribution >= 0.6 is 15.9 Å². The molecular weight excluding hydrogens is 526 g/mol. The topological polar surface area (TPSA) is 101 Å². The van der Waals surface area contributed by atoms with E-state index in [0.717, 1.165) is 5.57 Å². The summed E-state index contributed by atoms with van der Waals surface area (Å²) in [6.45, 7) is 7.12. The van der Waals surface area contributed by atoms with Gasteiger partial charge in [-0.1, -0.05) is 27.6 Å². The Morgan fingerprint density at radius 3 is 2.42 bits per heavy atom. The number of nitrogens with zero attached hydrogens (tertiary/aromatic N) is 1. The number of methoxy groups -OCH3 is 1. The monoisotopic (exact) mass is 553 g/mol. The number of imide groups is 1. The summed E-state index contributed by atoms with van der Waals surface area (Å²) in [5, 5.41) is 11.2. The molecule has 0 aromatic heterocycles. The zero-order valence-corrected chi connectivity index (χ0v) is 22.4. The van der Waals surface area contributed by atoms with Crippen LogP contribution in [0.4, 0.5) is 0 Å². The van der Waals surface area contributed by atoms with Gasteiger partial charge in [-0.05, 0) is 64.7 Å². The molecule has 8 heteroatoms. The number of carbonyl (C=O) groups excluding carboxylic acids is 4. The fourth-order valence-electron chi connectivity index (χ4n) is 6.35. The van der Waals surface area contributed by atoms with Crippen LogP contribution < -0.4 is 4.74 Å². The van der Waals surface area contributed by atoms with Crippen LogP contribution in [0.3, 0.4) is 0 Å². The standard InChI is InChI=1S/C28H28BrNO6/c1-12-8-19(31)17-11-16-14(6-7-15-22(16)27(35)30(26(15)34)28(2,3)4)21(23(17)24(12)32)18-9-13(29)10-20(36-5)25(18)33/h6,8-10,15-16,21-22,33H,7,11H2,1-5H3/t15-,16+,21+,22-/m0/s1. The molecule has 1 fully saturated rings. The molecule has 2 amide bonds. The minimum atomic E-state index is -0.738. The number of allylic oxidation sites excluding steroid dienone is 6. The first-order chi connectivity index (χ1) is 16.9. The van der Waals surface area contributed by atoms with Crippen molar-refractivity contribution in [2.75, 3.05) is 7.11 Å². The van der Waals surface area contributed by atoms with Gasteiger partial charge in [-0.25, -0.2) is 0 Å². The van der Waals surface area contributed by atoms with E-state index >= 15 is 0 Å². The first-order valence-electron chi connectivity index (χ1n) is 12.0. The number of amides is 2. The number of benzene rings is 1. The molecule has 4 atom stereocenters. The first-order valence-corrected chi connectivity index (χ1v) is 12.8. The third-order valence-electron chi connectivity index (χ3n) is 7.84. The molecule has 0 radical (unpaired) electrons. The fraction of sp³-hybridized carbons (Fsp3) is 0.429. The van der Waals surface area contributed by atoms with Crippen LogP contribution in [0, 0.1) is 17.8 Å². The van der Waals surface area contributed by atoms with Crippen LogP contribution in [0.5, 0.6) is 11.5 Å². The minimum absolute atomic E-state index is 0.126. The van der Waals surface area contributed by atoms with Crippen LogP contribution in [-0.4, -0.2) is 46.0 Å². The number of ether oxygens (including phenoxy) is 1. The van der Waals surface area contributed by atoms with E-state index in [-0.39, 0.29) is 41.3 Å². The lowest BCUT2D eigenvalue weighted by Crippen LogP contribution is -2.46. The second-order valence-corrected chi connectivity index (χ2v) is 11.9. The van der Waals surface area contributed by atoms with Crippen LogP contribution in [0.15, 0.2) is 51.0 Å². The van der Waals surface area contributed by atoms with E-state index in [2.05, 4.69) is 15.9 Å². The van der Waals surface area contributed by atoms with E-state index in [0.29, 0.717) is 33.2 Å². The van der Waals surface area contributed by atoms with Crippen molar-refractivity contribution < 1.29 is 29.0 Å². The predicted molar refractivity (Wildman–Crippen MR) is 135 cm³/mol. The van der Waals surface area contributed by atoms with Crippen LogP contribution in [0.2, 0.25) is 0 Å². The zero-order valence-electron chi connectivity index (χ0n) is 20.8. The van der Waals surface area contributed by atoms with Crippen molar-refractivity contribution in [2.45, 2.75) is 52.0 Å². The van der Waals surface area contributed by atoms with E-state index < -0.39 is 29.2 Å². The number of hydrogen-bond acceptors (Lipinski definition) is 6. The fourth-order valence-corrected chi connectivity index (χ4v) is 6.80. The summed E-state index contributed by atoms with van der Waals surface area (Å²) in [6, 6.07) is 3.34. The van der Waals surface area contributed by atoms with Crippen molar-refractivity contribution in [3.63, 3.8) is 0 Å². The van der Waals surface area contributed by atoms with Gasteiger partial charge >= 0.3 is 0 Å². The van der Waals surface area contributed by atoms with Gasteiger partial charge in [0.05, 0.1) is 18.9 Å². The van der Waals surface area contributed by atoms with Crippen molar-refractivity contribution in [3.05, 3.63) is 56.6 Å². The van der Waals surface area contributed by atoms with Gasteiger partial charge < -0.3 is 9.84 Å². The SMILES string of the molecule is COc1cc(Br)cc([C@H]2C3=CC[C@@H]4C(=O)N(C(C)(C)C)C(=O)[C@@H]4[C@@H]3CC3=C2C(=O)C(C)=CC3=O)c1O. The Hall–Kier alpha value is -3.00. The zero-order chi connectivity index (χ0) is 26.3. The quantitative estimate of drug-likeness (QED) is 0.331. The van der Waals surface area contributed by atoms with Crippen LogP contribution in [0.1, 0.15) is 52.0 Å². The van der Waals surface area contributed by atoms with E-state index in [4.69, 9.17) is 4.74 Å². The molecule has 0 unspecified atom stereocenters. The molecule has 36 heavy (non-hydrogen) atoms. The normalized spacial score (nSPS) is 28.0. The molecule has 7 nitrogen and oxygen atoms in total. The van der Waals surface area contributed by atoms with E-state index in [9.17, 15) is 24.3 Å². The number of likely N-dealkylation sites (tertiary alicyclic amines) is 1. The second kappa shape index (κ2) is 8.26. The molecule has 1 aromatic carbocycles.